The van der Waals surface area contributed by atoms with E-state index in [4.69, 9.17) is 4.74 Å². The number of amides is 1. The van der Waals surface area contributed by atoms with Crippen LogP contribution in [0.5, 0.6) is 0 Å². The smallest absolute Gasteiger partial charge is 0.274 e. The number of hydrogen-bond donors (Lipinski definition) is 1. The van der Waals surface area contributed by atoms with Gasteiger partial charge in [0.2, 0.25) is 0 Å². The highest BCUT2D eigenvalue weighted by atomic mass is 32.1. The lowest BCUT2D eigenvalue weighted by molar-refractivity contribution is 0.0341. The van der Waals surface area contributed by atoms with Crippen LogP contribution >= 0.6 is 11.3 Å². The first kappa shape index (κ1) is 16.7. The second-order valence-corrected chi connectivity index (χ2v) is 6.53. The highest BCUT2D eigenvalue weighted by molar-refractivity contribution is 7.09. The van der Waals surface area contributed by atoms with Gasteiger partial charge in [0, 0.05) is 31.6 Å². The number of aromatic nitrogens is 3. The fourth-order valence-corrected chi connectivity index (χ4v) is 3.25. The quantitative estimate of drug-likeness (QED) is 0.836. The second-order valence-electron chi connectivity index (χ2n) is 5.59. The molecule has 0 spiro atoms. The molecular formula is C15H19N5O3S. The molecule has 9 heteroatoms. The van der Waals surface area contributed by atoms with Crippen molar-refractivity contribution in [3.05, 3.63) is 44.3 Å². The number of carbonyl (C=O) groups excluding carboxylic acids is 1. The number of rotatable bonds is 5. The Hall–Kier alpha value is -2.10. The van der Waals surface area contributed by atoms with Gasteiger partial charge in [-0.2, -0.15) is 5.10 Å². The van der Waals surface area contributed by atoms with Gasteiger partial charge < -0.3 is 9.64 Å². The number of morpholine rings is 1. The average Bonchev–Trinajstić information content (AvgIpc) is 3.02. The molecule has 8 nitrogen and oxygen atoms in total. The Morgan fingerprint density at radius 2 is 2.21 bits per heavy atom. The summed E-state index contributed by atoms with van der Waals surface area (Å²) in [4.78, 5) is 31.7. The summed E-state index contributed by atoms with van der Waals surface area (Å²) < 4.78 is 5.34. The van der Waals surface area contributed by atoms with E-state index in [-0.39, 0.29) is 17.2 Å². The van der Waals surface area contributed by atoms with E-state index >= 15 is 0 Å². The predicted molar refractivity (Wildman–Crippen MR) is 88.9 cm³/mol. The van der Waals surface area contributed by atoms with Crippen molar-refractivity contribution in [2.75, 3.05) is 33.4 Å². The normalized spacial score (nSPS) is 15.4. The standard InChI is InChI=1S/C15H19N5O3S/c1-19(15(22)12-2-3-13(21)18-17-12)8-11-10-24-14(16-11)9-20-4-6-23-7-5-20/h2-3,10H,4-9H2,1H3,(H,18,21). The summed E-state index contributed by atoms with van der Waals surface area (Å²) >= 11 is 1.60. The van der Waals surface area contributed by atoms with Gasteiger partial charge in [0.15, 0.2) is 0 Å². The molecule has 3 heterocycles. The van der Waals surface area contributed by atoms with Crippen molar-refractivity contribution in [2.45, 2.75) is 13.1 Å². The highest BCUT2D eigenvalue weighted by Gasteiger charge is 2.16. The molecule has 0 radical (unpaired) electrons. The number of nitrogens with one attached hydrogen (secondary N) is 1. The summed E-state index contributed by atoms with van der Waals surface area (Å²) in [5.74, 6) is -0.256. The zero-order chi connectivity index (χ0) is 16.9. The zero-order valence-corrected chi connectivity index (χ0v) is 14.2. The van der Waals surface area contributed by atoms with Crippen molar-refractivity contribution in [2.24, 2.45) is 0 Å². The molecule has 2 aromatic rings. The first-order valence-electron chi connectivity index (χ1n) is 7.66. The van der Waals surface area contributed by atoms with Crippen LogP contribution in [0.25, 0.3) is 0 Å². The van der Waals surface area contributed by atoms with Crippen LogP contribution in [0.1, 0.15) is 21.2 Å². The monoisotopic (exact) mass is 349 g/mol. The first-order valence-corrected chi connectivity index (χ1v) is 8.54. The van der Waals surface area contributed by atoms with E-state index in [1.807, 2.05) is 5.38 Å². The van der Waals surface area contributed by atoms with Gasteiger partial charge in [0.05, 0.1) is 32.0 Å². The molecule has 1 fully saturated rings. The lowest BCUT2D eigenvalue weighted by Crippen LogP contribution is -2.35. The van der Waals surface area contributed by atoms with Crippen LogP contribution in [-0.4, -0.2) is 64.2 Å². The molecule has 3 rings (SSSR count). The molecule has 1 N–H and O–H groups in total. The maximum atomic E-state index is 12.3. The molecule has 1 aliphatic rings. The third kappa shape index (κ3) is 4.25. The molecule has 24 heavy (non-hydrogen) atoms. The molecule has 0 bridgehead atoms. The Balaban J connectivity index is 1.58. The van der Waals surface area contributed by atoms with Gasteiger partial charge in [0.25, 0.3) is 11.5 Å². The van der Waals surface area contributed by atoms with E-state index in [1.165, 1.54) is 17.0 Å². The number of thiazole rings is 1. The molecule has 1 saturated heterocycles. The summed E-state index contributed by atoms with van der Waals surface area (Å²) in [7, 11) is 1.69. The van der Waals surface area contributed by atoms with Crippen LogP contribution in [0.15, 0.2) is 22.3 Å². The van der Waals surface area contributed by atoms with Gasteiger partial charge in [-0.25, -0.2) is 10.1 Å². The minimum Gasteiger partial charge on any atom is -0.379 e. The average molecular weight is 349 g/mol. The van der Waals surface area contributed by atoms with Crippen molar-refractivity contribution >= 4 is 17.2 Å². The van der Waals surface area contributed by atoms with Crippen LogP contribution in [0, 0.1) is 0 Å². The number of carbonyl (C=O) groups is 1. The van der Waals surface area contributed by atoms with Gasteiger partial charge >= 0.3 is 0 Å². The van der Waals surface area contributed by atoms with Crippen LogP contribution < -0.4 is 5.56 Å². The maximum absolute atomic E-state index is 12.3. The van der Waals surface area contributed by atoms with E-state index in [2.05, 4.69) is 20.1 Å². The van der Waals surface area contributed by atoms with Crippen LogP contribution in [0.3, 0.4) is 0 Å². The molecule has 0 atom stereocenters. The zero-order valence-electron chi connectivity index (χ0n) is 13.4. The Labute approximate surface area is 143 Å². The molecule has 1 amide bonds. The van der Waals surface area contributed by atoms with E-state index < -0.39 is 0 Å². The van der Waals surface area contributed by atoms with Gasteiger partial charge in [-0.1, -0.05) is 0 Å². The predicted octanol–water partition coefficient (Wildman–Crippen LogP) is 0.331. The molecule has 0 aliphatic carbocycles. The van der Waals surface area contributed by atoms with Crippen LogP contribution in [0.4, 0.5) is 0 Å². The van der Waals surface area contributed by atoms with Crippen molar-refractivity contribution in [1.82, 2.24) is 25.0 Å². The Kier molecular flexibility index (Phi) is 5.34. The lowest BCUT2D eigenvalue weighted by atomic mass is 10.3. The Morgan fingerprint density at radius 1 is 1.42 bits per heavy atom. The second kappa shape index (κ2) is 7.65. The largest absolute Gasteiger partial charge is 0.379 e. The fraction of sp³-hybridized carbons (Fsp3) is 0.467. The topological polar surface area (TPSA) is 91.4 Å². The highest BCUT2D eigenvalue weighted by Crippen LogP contribution is 2.15. The molecule has 1 aliphatic heterocycles. The third-order valence-corrected chi connectivity index (χ3v) is 4.59. The number of hydrogen-bond acceptors (Lipinski definition) is 7. The molecule has 0 aromatic carbocycles. The van der Waals surface area contributed by atoms with Crippen LogP contribution in [-0.2, 0) is 17.8 Å². The summed E-state index contributed by atoms with van der Waals surface area (Å²) in [5, 5.41) is 9.03. The minimum atomic E-state index is -0.332. The molecule has 0 saturated carbocycles. The summed E-state index contributed by atoms with van der Waals surface area (Å²) in [5.41, 5.74) is 0.728. The summed E-state index contributed by atoms with van der Waals surface area (Å²) in [6.45, 7) is 4.59. The van der Waals surface area contributed by atoms with E-state index in [1.54, 1.807) is 18.4 Å². The number of H-pyrrole nitrogens is 1. The molecule has 2 aromatic heterocycles. The SMILES string of the molecule is CN(Cc1csc(CN2CCOCC2)n1)C(=O)c1ccc(=O)[nH]n1. The van der Waals surface area contributed by atoms with Crippen molar-refractivity contribution in [1.29, 1.82) is 0 Å². The van der Waals surface area contributed by atoms with Crippen molar-refractivity contribution in [3.8, 4) is 0 Å². The van der Waals surface area contributed by atoms with Gasteiger partial charge in [-0.15, -0.1) is 11.3 Å². The van der Waals surface area contributed by atoms with Gasteiger partial charge in [-0.3, -0.25) is 14.5 Å². The van der Waals surface area contributed by atoms with Gasteiger partial charge in [-0.05, 0) is 6.07 Å². The molecule has 128 valence electrons. The van der Waals surface area contributed by atoms with E-state index in [9.17, 15) is 9.59 Å². The first-order chi connectivity index (χ1) is 11.6. The Bertz CT molecular complexity index is 733. The lowest BCUT2D eigenvalue weighted by Gasteiger charge is -2.25. The number of nitrogens with zero attached hydrogens (tertiary/aromatic N) is 4. The minimum absolute atomic E-state index is 0.209. The van der Waals surface area contributed by atoms with Gasteiger partial charge in [0.1, 0.15) is 10.7 Å². The summed E-state index contributed by atoms with van der Waals surface area (Å²) in [6, 6.07) is 2.71. The number of aromatic amines is 1. The third-order valence-electron chi connectivity index (χ3n) is 3.71. The molecule has 0 unspecified atom stereocenters. The molecular weight excluding hydrogens is 330 g/mol. The fourth-order valence-electron chi connectivity index (χ4n) is 2.42. The summed E-state index contributed by atoms with van der Waals surface area (Å²) in [6.07, 6.45) is 0. The maximum Gasteiger partial charge on any atom is 0.274 e. The van der Waals surface area contributed by atoms with Crippen molar-refractivity contribution in [3.63, 3.8) is 0 Å². The Morgan fingerprint density at radius 3 is 2.92 bits per heavy atom. The van der Waals surface area contributed by atoms with Crippen molar-refractivity contribution < 1.29 is 9.53 Å². The van der Waals surface area contributed by atoms with E-state index in [0.717, 1.165) is 43.5 Å². The van der Waals surface area contributed by atoms with E-state index in [0.29, 0.717) is 6.54 Å². The number of ether oxygens (including phenoxy) is 1. The van der Waals surface area contributed by atoms with Crippen LogP contribution in [0.2, 0.25) is 0 Å².